The van der Waals surface area contributed by atoms with E-state index >= 15 is 0 Å². The van der Waals surface area contributed by atoms with E-state index < -0.39 is 0 Å². The van der Waals surface area contributed by atoms with Gasteiger partial charge in [-0.3, -0.25) is 0 Å². The summed E-state index contributed by atoms with van der Waals surface area (Å²) in [5, 5.41) is 3.57. The van der Waals surface area contributed by atoms with Gasteiger partial charge in [0.25, 0.3) is 0 Å². The Morgan fingerprint density at radius 3 is 2.46 bits per heavy atom. The predicted molar refractivity (Wildman–Crippen MR) is 56.6 cm³/mol. The summed E-state index contributed by atoms with van der Waals surface area (Å²) in [5.74, 6) is 2.98. The van der Waals surface area contributed by atoms with Crippen LogP contribution in [0.2, 0.25) is 0 Å². The monoisotopic (exact) mass is 181 g/mol. The molecular weight excluding hydrogens is 158 g/mol. The average molecular weight is 181 g/mol. The summed E-state index contributed by atoms with van der Waals surface area (Å²) >= 11 is 0. The summed E-state index contributed by atoms with van der Waals surface area (Å²) in [4.78, 5) is 0. The maximum absolute atomic E-state index is 3.57. The summed E-state index contributed by atoms with van der Waals surface area (Å²) in [6.07, 6.45) is 3.00. The molecule has 4 unspecified atom stereocenters. The lowest BCUT2D eigenvalue weighted by Gasteiger charge is -2.43. The van der Waals surface area contributed by atoms with E-state index in [1.165, 1.54) is 19.4 Å². The lowest BCUT2D eigenvalue weighted by atomic mass is 9.62. The molecule has 0 radical (unpaired) electrons. The standard InChI is InChI=1S/C12H23N/c1-8(2)13-7-11-6-12(11)5-9(3)10(12)4/h8-11,13H,5-7H2,1-4H3. The zero-order valence-electron chi connectivity index (χ0n) is 9.43. The van der Waals surface area contributed by atoms with Gasteiger partial charge in [-0.2, -0.15) is 0 Å². The quantitative estimate of drug-likeness (QED) is 0.706. The van der Waals surface area contributed by atoms with E-state index in [-0.39, 0.29) is 0 Å². The molecule has 2 aliphatic rings. The molecule has 1 heteroatoms. The molecular formula is C12H23N. The molecule has 2 fully saturated rings. The Labute approximate surface area is 82.3 Å². The summed E-state index contributed by atoms with van der Waals surface area (Å²) in [5.41, 5.74) is 0.793. The second kappa shape index (κ2) is 2.98. The third-order valence-corrected chi connectivity index (χ3v) is 4.51. The third-order valence-electron chi connectivity index (χ3n) is 4.51. The average Bonchev–Trinajstić information content (AvgIpc) is 2.78. The molecule has 2 aliphatic carbocycles. The van der Waals surface area contributed by atoms with Crippen LogP contribution in [0.5, 0.6) is 0 Å². The van der Waals surface area contributed by atoms with E-state index in [4.69, 9.17) is 0 Å². The van der Waals surface area contributed by atoms with Crippen LogP contribution in [0.4, 0.5) is 0 Å². The molecule has 2 rings (SSSR count). The van der Waals surface area contributed by atoms with Crippen molar-refractivity contribution in [1.82, 2.24) is 5.32 Å². The van der Waals surface area contributed by atoms with Gasteiger partial charge in [-0.1, -0.05) is 27.7 Å². The summed E-state index contributed by atoms with van der Waals surface area (Å²) in [7, 11) is 0. The zero-order chi connectivity index (χ0) is 9.64. The fourth-order valence-electron chi connectivity index (χ4n) is 3.23. The van der Waals surface area contributed by atoms with E-state index in [1.807, 2.05) is 0 Å². The Hall–Kier alpha value is -0.0400. The van der Waals surface area contributed by atoms with Gasteiger partial charge < -0.3 is 5.32 Å². The minimum absolute atomic E-state index is 0.658. The summed E-state index contributed by atoms with van der Waals surface area (Å²) < 4.78 is 0. The normalized spacial score (nSPS) is 48.2. The van der Waals surface area contributed by atoms with Crippen molar-refractivity contribution >= 4 is 0 Å². The molecule has 76 valence electrons. The molecule has 13 heavy (non-hydrogen) atoms. The first-order valence-electron chi connectivity index (χ1n) is 5.79. The molecule has 0 aromatic heterocycles. The van der Waals surface area contributed by atoms with Gasteiger partial charge in [0.2, 0.25) is 0 Å². The minimum Gasteiger partial charge on any atom is -0.314 e. The first-order valence-corrected chi connectivity index (χ1v) is 5.79. The Morgan fingerprint density at radius 1 is 1.31 bits per heavy atom. The van der Waals surface area contributed by atoms with Crippen molar-refractivity contribution in [2.75, 3.05) is 6.54 Å². The fraction of sp³-hybridized carbons (Fsp3) is 1.00. The highest BCUT2D eigenvalue weighted by Crippen LogP contribution is 2.70. The van der Waals surface area contributed by atoms with Gasteiger partial charge in [-0.15, -0.1) is 0 Å². The van der Waals surface area contributed by atoms with Crippen molar-refractivity contribution in [2.24, 2.45) is 23.2 Å². The third kappa shape index (κ3) is 1.41. The maximum atomic E-state index is 3.57. The van der Waals surface area contributed by atoms with Crippen LogP contribution >= 0.6 is 0 Å². The molecule has 1 nitrogen and oxygen atoms in total. The largest absolute Gasteiger partial charge is 0.314 e. The van der Waals surface area contributed by atoms with Gasteiger partial charge in [0.1, 0.15) is 0 Å². The molecule has 1 N–H and O–H groups in total. The molecule has 0 aromatic carbocycles. The van der Waals surface area contributed by atoms with Gasteiger partial charge in [-0.25, -0.2) is 0 Å². The van der Waals surface area contributed by atoms with Crippen LogP contribution in [0.25, 0.3) is 0 Å². The van der Waals surface area contributed by atoms with E-state index in [0.29, 0.717) is 6.04 Å². The summed E-state index contributed by atoms with van der Waals surface area (Å²) in [6, 6.07) is 0.658. The van der Waals surface area contributed by atoms with E-state index in [0.717, 1.165) is 23.2 Å². The summed E-state index contributed by atoms with van der Waals surface area (Å²) in [6.45, 7) is 10.6. The number of hydrogen-bond donors (Lipinski definition) is 1. The Kier molecular flexibility index (Phi) is 2.18. The Bertz CT molecular complexity index is 199. The highest BCUT2D eigenvalue weighted by Gasteiger charge is 2.64. The lowest BCUT2D eigenvalue weighted by molar-refractivity contribution is 0.0618. The first-order chi connectivity index (χ1) is 6.06. The van der Waals surface area contributed by atoms with Gasteiger partial charge in [-0.05, 0) is 42.6 Å². The molecule has 0 aromatic rings. The van der Waals surface area contributed by atoms with E-state index in [1.54, 1.807) is 0 Å². The number of rotatable bonds is 3. The van der Waals surface area contributed by atoms with Crippen LogP contribution in [0, 0.1) is 23.2 Å². The zero-order valence-corrected chi connectivity index (χ0v) is 9.43. The Morgan fingerprint density at radius 2 is 2.00 bits per heavy atom. The molecule has 4 atom stereocenters. The van der Waals surface area contributed by atoms with Crippen molar-refractivity contribution < 1.29 is 0 Å². The lowest BCUT2D eigenvalue weighted by Crippen LogP contribution is -2.38. The molecule has 0 amide bonds. The van der Waals surface area contributed by atoms with Gasteiger partial charge in [0.15, 0.2) is 0 Å². The van der Waals surface area contributed by atoms with Crippen LogP contribution in [-0.2, 0) is 0 Å². The van der Waals surface area contributed by atoms with Crippen LogP contribution in [0.1, 0.15) is 40.5 Å². The second-order valence-electron chi connectivity index (χ2n) is 5.67. The highest BCUT2D eigenvalue weighted by atomic mass is 14.9. The second-order valence-corrected chi connectivity index (χ2v) is 5.67. The Balaban J connectivity index is 1.76. The molecule has 0 bridgehead atoms. The number of hydrogen-bond acceptors (Lipinski definition) is 1. The fourth-order valence-corrected chi connectivity index (χ4v) is 3.23. The smallest absolute Gasteiger partial charge is 0.00104 e. The molecule has 0 aliphatic heterocycles. The topological polar surface area (TPSA) is 12.0 Å². The van der Waals surface area contributed by atoms with Crippen molar-refractivity contribution in [2.45, 2.75) is 46.6 Å². The number of nitrogens with one attached hydrogen (secondary N) is 1. The van der Waals surface area contributed by atoms with Gasteiger partial charge in [0, 0.05) is 6.04 Å². The van der Waals surface area contributed by atoms with Gasteiger partial charge >= 0.3 is 0 Å². The predicted octanol–water partition coefficient (Wildman–Crippen LogP) is 2.67. The van der Waals surface area contributed by atoms with Crippen LogP contribution in [0.3, 0.4) is 0 Å². The van der Waals surface area contributed by atoms with Crippen molar-refractivity contribution in [3.63, 3.8) is 0 Å². The van der Waals surface area contributed by atoms with Crippen molar-refractivity contribution in [3.8, 4) is 0 Å². The molecule has 0 saturated heterocycles. The molecule has 2 saturated carbocycles. The first kappa shape index (κ1) is 9.51. The van der Waals surface area contributed by atoms with Crippen LogP contribution in [-0.4, -0.2) is 12.6 Å². The van der Waals surface area contributed by atoms with E-state index in [9.17, 15) is 0 Å². The van der Waals surface area contributed by atoms with Crippen molar-refractivity contribution in [3.05, 3.63) is 0 Å². The van der Waals surface area contributed by atoms with E-state index in [2.05, 4.69) is 33.0 Å². The highest BCUT2D eigenvalue weighted by molar-refractivity contribution is 5.13. The SMILES string of the molecule is CC(C)NCC1CC12CC(C)C2C. The molecule has 1 spiro atoms. The molecule has 0 heterocycles. The van der Waals surface area contributed by atoms with Crippen LogP contribution < -0.4 is 5.32 Å². The van der Waals surface area contributed by atoms with Crippen LogP contribution in [0.15, 0.2) is 0 Å². The maximum Gasteiger partial charge on any atom is 0.00104 e. The van der Waals surface area contributed by atoms with Gasteiger partial charge in [0.05, 0.1) is 0 Å². The van der Waals surface area contributed by atoms with Crippen molar-refractivity contribution in [1.29, 1.82) is 0 Å². The minimum atomic E-state index is 0.658.